The smallest absolute Gasteiger partial charge is 0.337 e. The lowest BCUT2D eigenvalue weighted by molar-refractivity contribution is -0.339. The van der Waals surface area contributed by atoms with E-state index in [4.69, 9.17) is 23.7 Å². The highest BCUT2D eigenvalue weighted by atomic mass is 16.8. The third-order valence-electron chi connectivity index (χ3n) is 8.02. The van der Waals surface area contributed by atoms with Gasteiger partial charge in [0.15, 0.2) is 17.8 Å². The van der Waals surface area contributed by atoms with Crippen LogP contribution in [0.25, 0.3) is 0 Å². The van der Waals surface area contributed by atoms with Crippen molar-refractivity contribution in [3.8, 4) is 11.5 Å². The second-order valence-corrected chi connectivity index (χ2v) is 10.2. The predicted molar refractivity (Wildman–Crippen MR) is 140 cm³/mol. The number of ether oxygens (including phenoxy) is 5. The number of aromatic hydroxyl groups is 1. The zero-order valence-corrected chi connectivity index (χ0v) is 23.1. The Kier molecular flexibility index (Phi) is 9.57. The first-order valence-corrected chi connectivity index (χ1v) is 13.3. The zero-order valence-electron chi connectivity index (χ0n) is 23.1. The first-order chi connectivity index (χ1) is 19.6. The van der Waals surface area contributed by atoms with Gasteiger partial charge in [-0.05, 0) is 24.5 Å². The number of esters is 1. The molecule has 0 radical (unpaired) electrons. The monoisotopic (exact) mass is 579 g/mol. The molecule has 5 N–H and O–H groups in total. The molecule has 0 unspecified atom stereocenters. The Morgan fingerprint density at radius 2 is 1.88 bits per heavy atom. The summed E-state index contributed by atoms with van der Waals surface area (Å²) in [5.74, 6) is -2.31. The Morgan fingerprint density at radius 1 is 1.15 bits per heavy atom. The van der Waals surface area contributed by atoms with Gasteiger partial charge in [0.2, 0.25) is 12.2 Å². The highest BCUT2D eigenvalue weighted by Gasteiger charge is 2.48. The molecule has 3 aliphatic heterocycles. The number of phenols is 1. The Hall–Kier alpha value is -3.20. The average molecular weight is 580 g/mol. The van der Waals surface area contributed by atoms with Crippen LogP contribution in [0.4, 0.5) is 0 Å². The number of rotatable bonds is 8. The molecule has 226 valence electrons. The van der Waals surface area contributed by atoms with Crippen LogP contribution < -0.4 is 4.74 Å². The molecule has 9 atom stereocenters. The maximum absolute atomic E-state index is 12.9. The third kappa shape index (κ3) is 5.78. The number of carbonyl (C=O) groups excluding carboxylic acids is 2. The number of nitrogens with zero attached hydrogens (tertiary/aromatic N) is 1. The summed E-state index contributed by atoms with van der Waals surface area (Å²) in [5.41, 5.74) is 1.45. The van der Waals surface area contributed by atoms with Gasteiger partial charge >= 0.3 is 5.97 Å². The fourth-order valence-electron chi connectivity index (χ4n) is 5.83. The number of amides is 1. The molecular formula is C28H37NO12. The van der Waals surface area contributed by atoms with E-state index in [2.05, 4.69) is 6.58 Å². The first kappa shape index (κ1) is 30.8. The fourth-order valence-corrected chi connectivity index (χ4v) is 5.83. The molecule has 1 aromatic rings. The number of aliphatic hydroxyl groups is 4. The minimum atomic E-state index is -1.69. The summed E-state index contributed by atoms with van der Waals surface area (Å²) in [6.45, 7) is 5.04. The fraction of sp³-hybridized carbons (Fsp3) is 0.571. The van der Waals surface area contributed by atoms with Gasteiger partial charge in [-0.1, -0.05) is 12.1 Å². The van der Waals surface area contributed by atoms with Crippen LogP contribution in [0, 0.1) is 11.8 Å². The molecule has 0 saturated carbocycles. The van der Waals surface area contributed by atoms with Crippen LogP contribution in [0.5, 0.6) is 11.5 Å². The quantitative estimate of drug-likeness (QED) is 0.204. The molecule has 13 heteroatoms. The summed E-state index contributed by atoms with van der Waals surface area (Å²) in [6.07, 6.45) is -5.59. The third-order valence-corrected chi connectivity index (χ3v) is 8.02. The van der Waals surface area contributed by atoms with Crippen LogP contribution in [0.1, 0.15) is 30.5 Å². The molecule has 1 saturated heterocycles. The number of aliphatic hydroxyl groups excluding tert-OH is 4. The lowest BCUT2D eigenvalue weighted by Gasteiger charge is -2.44. The van der Waals surface area contributed by atoms with E-state index in [9.17, 15) is 35.1 Å². The van der Waals surface area contributed by atoms with E-state index in [-0.39, 0.29) is 29.4 Å². The van der Waals surface area contributed by atoms with Gasteiger partial charge in [-0.25, -0.2) is 4.79 Å². The first-order valence-electron chi connectivity index (χ1n) is 13.3. The molecule has 1 amide bonds. The standard InChI is InChI=1S/C28H37NO12/c1-5-15-16(10-18-21-14(8-9-29(18)13(2)31)6-7-19(37-3)22(21)32)17(26(36)38-4)12-39-27(15)41-28-25(35)24(34)23(33)20(11-30)40-28/h5-7,12,15-16,18,20,23-25,27-28,30,32-35H,1,8-11H2,2-4H3/t15-,16+,18-,20+,23-,24-,25+,27+,28+/m1/s1. The number of methoxy groups -OCH3 is 2. The molecule has 0 bridgehead atoms. The Labute approximate surface area is 237 Å². The molecule has 0 aliphatic carbocycles. The largest absolute Gasteiger partial charge is 0.504 e. The van der Waals surface area contributed by atoms with E-state index in [1.165, 1.54) is 33.5 Å². The molecule has 0 aromatic heterocycles. The zero-order chi connectivity index (χ0) is 30.0. The van der Waals surface area contributed by atoms with Crippen molar-refractivity contribution < 1.29 is 58.8 Å². The number of benzene rings is 1. The Morgan fingerprint density at radius 3 is 2.49 bits per heavy atom. The molecule has 1 fully saturated rings. The molecule has 3 heterocycles. The van der Waals surface area contributed by atoms with E-state index in [0.29, 0.717) is 18.5 Å². The maximum atomic E-state index is 12.9. The Balaban J connectivity index is 1.71. The number of phenolic OH excluding ortho intramolecular Hbond substituents is 1. The second kappa shape index (κ2) is 12.8. The van der Waals surface area contributed by atoms with Gasteiger partial charge in [0, 0.05) is 30.9 Å². The van der Waals surface area contributed by atoms with Crippen LogP contribution in [0.3, 0.4) is 0 Å². The van der Waals surface area contributed by atoms with E-state index < -0.39 is 67.4 Å². The van der Waals surface area contributed by atoms with E-state index in [1.807, 2.05) is 6.07 Å². The van der Waals surface area contributed by atoms with Crippen molar-refractivity contribution >= 4 is 11.9 Å². The number of hydrogen-bond acceptors (Lipinski definition) is 12. The van der Waals surface area contributed by atoms with Gasteiger partial charge < -0.3 is 54.1 Å². The topological polar surface area (TPSA) is 185 Å². The van der Waals surface area contributed by atoms with Crippen LogP contribution in [0.15, 0.2) is 36.6 Å². The summed E-state index contributed by atoms with van der Waals surface area (Å²) >= 11 is 0. The molecule has 4 rings (SSSR count). The SMILES string of the molecule is C=C[C@H]1[C@H](O[C@@H]2O[C@@H](CO)[C@@H](O)[C@@H](O)[C@@H]2O)OC=C(C(=O)OC)[C@H]1C[C@@H]1c2c(ccc(OC)c2O)CCN1C(C)=O. The van der Waals surface area contributed by atoms with Crippen LogP contribution in [0.2, 0.25) is 0 Å². The van der Waals surface area contributed by atoms with Crippen molar-refractivity contribution in [3.63, 3.8) is 0 Å². The highest BCUT2D eigenvalue weighted by Crippen LogP contribution is 2.47. The molecular weight excluding hydrogens is 542 g/mol. The summed E-state index contributed by atoms with van der Waals surface area (Å²) < 4.78 is 27.4. The van der Waals surface area contributed by atoms with Crippen molar-refractivity contribution in [1.82, 2.24) is 4.90 Å². The summed E-state index contributed by atoms with van der Waals surface area (Å²) in [7, 11) is 2.64. The van der Waals surface area contributed by atoms with E-state index in [0.717, 1.165) is 5.56 Å². The second-order valence-electron chi connectivity index (χ2n) is 10.2. The van der Waals surface area contributed by atoms with Crippen LogP contribution in [-0.2, 0) is 35.0 Å². The highest BCUT2D eigenvalue weighted by molar-refractivity contribution is 5.89. The molecule has 41 heavy (non-hydrogen) atoms. The minimum Gasteiger partial charge on any atom is -0.504 e. The van der Waals surface area contributed by atoms with Crippen molar-refractivity contribution in [1.29, 1.82) is 0 Å². The molecule has 0 spiro atoms. The summed E-state index contributed by atoms with van der Waals surface area (Å²) in [6, 6.07) is 2.80. The average Bonchev–Trinajstić information content (AvgIpc) is 2.97. The normalized spacial score (nSPS) is 33.2. The van der Waals surface area contributed by atoms with Crippen molar-refractivity contribution in [2.24, 2.45) is 11.8 Å². The van der Waals surface area contributed by atoms with Crippen LogP contribution in [-0.4, -0.2) is 107 Å². The summed E-state index contributed by atoms with van der Waals surface area (Å²) in [4.78, 5) is 27.2. The minimum absolute atomic E-state index is 0.110. The van der Waals surface area contributed by atoms with Gasteiger partial charge in [-0.2, -0.15) is 0 Å². The molecule has 13 nitrogen and oxygen atoms in total. The van der Waals surface area contributed by atoms with E-state index in [1.54, 1.807) is 11.0 Å². The number of fused-ring (bicyclic) bond motifs is 1. The van der Waals surface area contributed by atoms with E-state index >= 15 is 0 Å². The Bertz CT molecular complexity index is 1170. The van der Waals surface area contributed by atoms with Gasteiger partial charge in [-0.15, -0.1) is 6.58 Å². The predicted octanol–water partition coefficient (Wildman–Crippen LogP) is -0.115. The van der Waals surface area contributed by atoms with Crippen molar-refractivity contribution in [3.05, 3.63) is 47.7 Å². The van der Waals surface area contributed by atoms with Crippen LogP contribution >= 0.6 is 0 Å². The maximum Gasteiger partial charge on any atom is 0.337 e. The van der Waals surface area contributed by atoms with Gasteiger partial charge in [0.1, 0.15) is 24.4 Å². The van der Waals surface area contributed by atoms with Gasteiger partial charge in [0.05, 0.1) is 38.7 Å². The number of carbonyl (C=O) groups is 2. The van der Waals surface area contributed by atoms with Crippen molar-refractivity contribution in [2.45, 2.75) is 62.8 Å². The molecule has 3 aliphatic rings. The summed E-state index contributed by atoms with van der Waals surface area (Å²) in [5, 5.41) is 51.5. The molecule has 1 aromatic carbocycles. The van der Waals surface area contributed by atoms with Crippen molar-refractivity contribution in [2.75, 3.05) is 27.4 Å². The van der Waals surface area contributed by atoms with Gasteiger partial charge in [0.25, 0.3) is 0 Å². The number of hydrogen-bond donors (Lipinski definition) is 5. The van der Waals surface area contributed by atoms with Gasteiger partial charge in [-0.3, -0.25) is 4.79 Å². The lowest BCUT2D eigenvalue weighted by Crippen LogP contribution is -2.60. The lowest BCUT2D eigenvalue weighted by atomic mass is 9.76.